The van der Waals surface area contributed by atoms with Crippen LogP contribution in [0.4, 0.5) is 24.5 Å². The Hall–Kier alpha value is -2.74. The molecule has 2 amide bonds. The van der Waals surface area contributed by atoms with Crippen LogP contribution < -0.4 is 10.6 Å². The topological polar surface area (TPSA) is 58.2 Å². The molecule has 0 aliphatic heterocycles. The number of halogens is 6. The van der Waals surface area contributed by atoms with E-state index in [0.29, 0.717) is 11.6 Å². The predicted octanol–water partition coefficient (Wildman–Crippen LogP) is 6.54. The first kappa shape index (κ1) is 23.4. The molecule has 0 spiro atoms. The van der Waals surface area contributed by atoms with Crippen molar-refractivity contribution in [1.29, 1.82) is 0 Å². The Morgan fingerprint density at radius 1 is 0.848 bits per heavy atom. The first-order valence-corrected chi connectivity index (χ1v) is 10.7. The zero-order valence-electron chi connectivity index (χ0n) is 16.5. The van der Waals surface area contributed by atoms with E-state index in [2.05, 4.69) is 10.6 Å². The Morgan fingerprint density at radius 3 is 2.27 bits per heavy atom. The van der Waals surface area contributed by atoms with Crippen LogP contribution in [0, 0.1) is 23.4 Å². The zero-order chi connectivity index (χ0) is 23.9. The molecule has 10 heteroatoms. The van der Waals surface area contributed by atoms with Crippen molar-refractivity contribution < 1.29 is 22.8 Å². The third-order valence-corrected chi connectivity index (χ3v) is 6.48. The van der Waals surface area contributed by atoms with E-state index in [1.165, 1.54) is 24.3 Å². The molecule has 0 unspecified atom stereocenters. The Labute approximate surface area is 201 Å². The lowest BCUT2D eigenvalue weighted by Gasteiger charge is -2.12. The van der Waals surface area contributed by atoms with Crippen LogP contribution in [0.15, 0.2) is 60.7 Å². The average molecular weight is 514 g/mol. The van der Waals surface area contributed by atoms with Crippen LogP contribution in [0.25, 0.3) is 0 Å². The zero-order valence-corrected chi connectivity index (χ0v) is 18.8. The summed E-state index contributed by atoms with van der Waals surface area (Å²) in [6, 6.07) is 12.7. The number of alkyl halides is 2. The van der Waals surface area contributed by atoms with Crippen LogP contribution in [0.2, 0.25) is 5.02 Å². The van der Waals surface area contributed by atoms with Gasteiger partial charge in [-0.15, -0.1) is 23.2 Å². The van der Waals surface area contributed by atoms with Gasteiger partial charge in [0, 0.05) is 12.0 Å². The highest BCUT2D eigenvalue weighted by Crippen LogP contribution is 2.65. The average Bonchev–Trinajstić information content (AvgIpc) is 3.34. The van der Waals surface area contributed by atoms with Gasteiger partial charge in [-0.25, -0.2) is 13.2 Å². The van der Waals surface area contributed by atoms with Crippen molar-refractivity contribution in [2.75, 3.05) is 10.6 Å². The highest BCUT2D eigenvalue weighted by molar-refractivity contribution is 6.53. The maximum Gasteiger partial charge on any atom is 0.257 e. The molecule has 1 fully saturated rings. The van der Waals surface area contributed by atoms with Gasteiger partial charge in [0.25, 0.3) is 5.91 Å². The normalized spacial score (nSPS) is 18.5. The molecular formula is C23H14Cl3F3N2O2. The fourth-order valence-electron chi connectivity index (χ4n) is 3.55. The fraction of sp³-hybridized carbons (Fsp3) is 0.130. The molecule has 4 nitrogen and oxygen atoms in total. The number of carbonyl (C=O) groups excluding carboxylic acids is 2. The van der Waals surface area contributed by atoms with E-state index in [-0.39, 0.29) is 22.0 Å². The van der Waals surface area contributed by atoms with Gasteiger partial charge in [0.15, 0.2) is 0 Å². The molecular weight excluding hydrogens is 500 g/mol. The van der Waals surface area contributed by atoms with E-state index in [9.17, 15) is 22.8 Å². The van der Waals surface area contributed by atoms with Crippen molar-refractivity contribution in [3.63, 3.8) is 0 Å². The van der Waals surface area contributed by atoms with Gasteiger partial charge in [-0.05, 0) is 42.0 Å². The number of benzene rings is 3. The van der Waals surface area contributed by atoms with Crippen LogP contribution in [0.5, 0.6) is 0 Å². The summed E-state index contributed by atoms with van der Waals surface area (Å²) in [5, 5.41) is 4.83. The van der Waals surface area contributed by atoms with E-state index < -0.39 is 45.4 Å². The number of carbonyl (C=O) groups is 2. The van der Waals surface area contributed by atoms with Crippen LogP contribution in [-0.4, -0.2) is 16.1 Å². The molecule has 2 N–H and O–H groups in total. The maximum atomic E-state index is 13.9. The summed E-state index contributed by atoms with van der Waals surface area (Å²) in [6.45, 7) is 0. The minimum Gasteiger partial charge on any atom is -0.325 e. The largest absolute Gasteiger partial charge is 0.325 e. The third kappa shape index (κ3) is 4.67. The molecule has 1 aliphatic carbocycles. The first-order chi connectivity index (χ1) is 15.6. The highest BCUT2D eigenvalue weighted by Gasteiger charge is 2.67. The highest BCUT2D eigenvalue weighted by atomic mass is 35.5. The second-order valence-corrected chi connectivity index (χ2v) is 9.27. The first-order valence-electron chi connectivity index (χ1n) is 9.58. The minimum atomic E-state index is -1.46. The molecule has 0 saturated heterocycles. The SMILES string of the molecule is O=C(Nc1ccc(F)cc1F)c1ccccc1NC(=O)[C@H]1[C@H](c2ccc(F)c(Cl)c2)C1(Cl)Cl. The lowest BCUT2D eigenvalue weighted by molar-refractivity contribution is -0.117. The van der Waals surface area contributed by atoms with Crippen LogP contribution >= 0.6 is 34.8 Å². The van der Waals surface area contributed by atoms with Gasteiger partial charge < -0.3 is 10.6 Å². The summed E-state index contributed by atoms with van der Waals surface area (Å²) in [5.74, 6) is -5.19. The van der Waals surface area contributed by atoms with E-state index in [1.807, 2.05) is 0 Å². The third-order valence-electron chi connectivity index (χ3n) is 5.25. The maximum absolute atomic E-state index is 13.9. The summed E-state index contributed by atoms with van der Waals surface area (Å²) in [7, 11) is 0. The molecule has 3 aromatic carbocycles. The second-order valence-electron chi connectivity index (χ2n) is 7.42. The van der Waals surface area contributed by atoms with Crippen LogP contribution in [0.3, 0.4) is 0 Å². The summed E-state index contributed by atoms with van der Waals surface area (Å²) in [5.41, 5.74) is 0.434. The van der Waals surface area contributed by atoms with E-state index in [0.717, 1.165) is 18.2 Å². The molecule has 170 valence electrons. The Kier molecular flexibility index (Phi) is 6.31. The van der Waals surface area contributed by atoms with Gasteiger partial charge in [-0.3, -0.25) is 9.59 Å². The molecule has 2 atom stereocenters. The number of hydrogen-bond acceptors (Lipinski definition) is 2. The summed E-state index contributed by atoms with van der Waals surface area (Å²) in [4.78, 5) is 25.6. The molecule has 0 aromatic heterocycles. The van der Waals surface area contributed by atoms with Crippen LogP contribution in [0.1, 0.15) is 21.8 Å². The standard InChI is InChI=1S/C23H14Cl3F3N2O2/c24-14-9-11(5-7-15(14)28)19-20(23(19,25)26)22(33)30-17-4-2-1-3-13(17)21(32)31-18-8-6-12(27)10-16(18)29/h1-10,19-20H,(H,30,33)(H,31,32)/t19-,20+/m0/s1. The molecule has 0 radical (unpaired) electrons. The molecule has 0 bridgehead atoms. The second kappa shape index (κ2) is 8.89. The molecule has 3 aromatic rings. The van der Waals surface area contributed by atoms with E-state index in [1.54, 1.807) is 12.1 Å². The van der Waals surface area contributed by atoms with E-state index in [4.69, 9.17) is 34.8 Å². The molecule has 1 aliphatic rings. The van der Waals surface area contributed by atoms with Gasteiger partial charge in [0.1, 0.15) is 21.8 Å². The van der Waals surface area contributed by atoms with Gasteiger partial charge in [0.2, 0.25) is 5.91 Å². The van der Waals surface area contributed by atoms with Crippen molar-refractivity contribution in [2.45, 2.75) is 10.3 Å². The minimum absolute atomic E-state index is 0.0337. The molecule has 33 heavy (non-hydrogen) atoms. The number of rotatable bonds is 5. The number of hydrogen-bond donors (Lipinski definition) is 2. The lowest BCUT2D eigenvalue weighted by Crippen LogP contribution is -2.21. The monoisotopic (exact) mass is 512 g/mol. The quantitative estimate of drug-likeness (QED) is 0.381. The van der Waals surface area contributed by atoms with Crippen molar-refractivity contribution in [1.82, 2.24) is 0 Å². The summed E-state index contributed by atoms with van der Waals surface area (Å²) in [6.07, 6.45) is 0. The van der Waals surface area contributed by atoms with Gasteiger partial charge in [0.05, 0.1) is 27.9 Å². The van der Waals surface area contributed by atoms with Crippen molar-refractivity contribution in [2.24, 2.45) is 5.92 Å². The Bertz CT molecular complexity index is 1270. The van der Waals surface area contributed by atoms with Crippen molar-refractivity contribution >= 4 is 58.0 Å². The van der Waals surface area contributed by atoms with Gasteiger partial charge in [-0.2, -0.15) is 0 Å². The Morgan fingerprint density at radius 2 is 1.58 bits per heavy atom. The number of nitrogens with one attached hydrogen (secondary N) is 2. The predicted molar refractivity (Wildman–Crippen MR) is 121 cm³/mol. The smallest absolute Gasteiger partial charge is 0.257 e. The van der Waals surface area contributed by atoms with E-state index >= 15 is 0 Å². The number of anilines is 2. The molecule has 1 saturated carbocycles. The number of para-hydroxylation sites is 1. The number of amides is 2. The lowest BCUT2D eigenvalue weighted by atomic mass is 10.1. The van der Waals surface area contributed by atoms with Gasteiger partial charge in [-0.1, -0.05) is 29.8 Å². The molecule has 4 rings (SSSR count). The van der Waals surface area contributed by atoms with Crippen molar-refractivity contribution in [3.05, 3.63) is 94.3 Å². The van der Waals surface area contributed by atoms with Gasteiger partial charge >= 0.3 is 0 Å². The fourth-order valence-corrected chi connectivity index (χ4v) is 4.57. The molecule has 0 heterocycles. The van der Waals surface area contributed by atoms with Crippen molar-refractivity contribution in [3.8, 4) is 0 Å². The summed E-state index contributed by atoms with van der Waals surface area (Å²) < 4.78 is 39.0. The van der Waals surface area contributed by atoms with Crippen LogP contribution in [-0.2, 0) is 4.79 Å². The summed E-state index contributed by atoms with van der Waals surface area (Å²) >= 11 is 18.5. The Balaban J connectivity index is 1.53.